The largest absolute Gasteiger partial charge is 0.373 e. The van der Waals surface area contributed by atoms with Crippen LogP contribution in [0.2, 0.25) is 0 Å². The molecule has 2 aromatic rings. The molecule has 0 aromatic carbocycles. The highest BCUT2D eigenvalue weighted by atomic mass is 16.5. The Labute approximate surface area is 167 Å². The molecule has 3 saturated heterocycles. The first-order chi connectivity index (χ1) is 14.0. The summed E-state index contributed by atoms with van der Waals surface area (Å²) in [6, 6.07) is 2.80. The number of imidazole rings is 1. The average Bonchev–Trinajstić information content (AvgIpc) is 3.51. The number of likely N-dealkylation sites (tertiary alicyclic amines) is 1. The van der Waals surface area contributed by atoms with Gasteiger partial charge in [0.05, 0.1) is 24.0 Å². The summed E-state index contributed by atoms with van der Waals surface area (Å²) in [6.45, 7) is 1.86. The molecule has 0 saturated carbocycles. The lowest BCUT2D eigenvalue weighted by Gasteiger charge is -2.24. The smallest absolute Gasteiger partial charge is 0.243 e. The molecule has 0 radical (unpaired) electrons. The van der Waals surface area contributed by atoms with Crippen LogP contribution in [0.4, 0.5) is 0 Å². The monoisotopic (exact) mass is 395 g/mol. The number of imide groups is 1. The van der Waals surface area contributed by atoms with Crippen LogP contribution in [0.3, 0.4) is 0 Å². The third-order valence-electron chi connectivity index (χ3n) is 6.13. The van der Waals surface area contributed by atoms with E-state index in [4.69, 9.17) is 4.74 Å². The Bertz CT molecular complexity index is 947. The van der Waals surface area contributed by atoms with Crippen molar-refractivity contribution in [3.05, 3.63) is 42.6 Å². The van der Waals surface area contributed by atoms with Gasteiger partial charge in [0.2, 0.25) is 17.7 Å². The van der Waals surface area contributed by atoms with Crippen molar-refractivity contribution in [3.63, 3.8) is 0 Å². The molecule has 3 amide bonds. The topological polar surface area (TPSA) is 106 Å². The van der Waals surface area contributed by atoms with Gasteiger partial charge in [-0.3, -0.25) is 23.9 Å². The Kier molecular flexibility index (Phi) is 4.20. The van der Waals surface area contributed by atoms with Gasteiger partial charge in [0.25, 0.3) is 0 Å². The minimum absolute atomic E-state index is 0.180. The lowest BCUT2D eigenvalue weighted by molar-refractivity contribution is -0.149. The standard InChI is InChI=1S/C20H21N5O4/c1-11(25-19(27)16-13-2-3-14(29-13)17(16)20(25)28)18(26)23-9-12-4-5-22-15(8-12)24-7-6-21-10-24/h4-8,10-11,13-14,16-17H,2-3,9H2,1H3,(H,23,26). The second kappa shape index (κ2) is 6.77. The van der Waals surface area contributed by atoms with Crippen LogP contribution in [0.1, 0.15) is 25.3 Å². The molecule has 5 rings (SSSR count). The summed E-state index contributed by atoms with van der Waals surface area (Å²) >= 11 is 0. The third-order valence-corrected chi connectivity index (χ3v) is 6.13. The van der Waals surface area contributed by atoms with E-state index in [0.717, 1.165) is 23.3 Å². The molecule has 9 heteroatoms. The number of nitrogens with one attached hydrogen (secondary N) is 1. The molecular formula is C20H21N5O4. The first kappa shape index (κ1) is 18.0. The van der Waals surface area contributed by atoms with E-state index >= 15 is 0 Å². The lowest BCUT2D eigenvalue weighted by atomic mass is 9.81. The van der Waals surface area contributed by atoms with Gasteiger partial charge in [-0.1, -0.05) is 0 Å². The van der Waals surface area contributed by atoms with Gasteiger partial charge in [0.1, 0.15) is 18.2 Å². The van der Waals surface area contributed by atoms with Crippen molar-refractivity contribution in [2.75, 3.05) is 0 Å². The molecule has 0 spiro atoms. The first-order valence-corrected chi connectivity index (χ1v) is 9.78. The predicted octanol–water partition coefficient (Wildman–Crippen LogP) is 0.434. The SMILES string of the molecule is CC(C(=O)NCc1ccnc(-n2ccnc2)c1)N1C(=O)C2C3CCC(O3)C2C1=O. The molecule has 2 aromatic heterocycles. The normalized spacial score (nSPS) is 28.7. The number of ether oxygens (including phenoxy) is 1. The zero-order chi connectivity index (χ0) is 20.1. The molecule has 2 bridgehead atoms. The van der Waals surface area contributed by atoms with Crippen molar-refractivity contribution >= 4 is 17.7 Å². The maximum absolute atomic E-state index is 12.8. The fraction of sp³-hybridized carbons (Fsp3) is 0.450. The van der Waals surface area contributed by atoms with Crippen molar-refractivity contribution < 1.29 is 19.1 Å². The van der Waals surface area contributed by atoms with E-state index in [1.165, 1.54) is 0 Å². The molecule has 9 nitrogen and oxygen atoms in total. The van der Waals surface area contributed by atoms with Gasteiger partial charge in [-0.05, 0) is 37.5 Å². The molecule has 1 N–H and O–H groups in total. The fourth-order valence-corrected chi connectivity index (χ4v) is 4.68. The second-order valence-electron chi connectivity index (χ2n) is 7.77. The third kappa shape index (κ3) is 2.84. The number of hydrogen-bond donors (Lipinski definition) is 1. The number of hydrogen-bond acceptors (Lipinski definition) is 6. The predicted molar refractivity (Wildman–Crippen MR) is 99.4 cm³/mol. The highest BCUT2D eigenvalue weighted by molar-refractivity contribution is 6.09. The van der Waals surface area contributed by atoms with E-state index in [-0.39, 0.29) is 36.5 Å². The minimum Gasteiger partial charge on any atom is -0.373 e. The van der Waals surface area contributed by atoms with Crippen molar-refractivity contribution in [1.82, 2.24) is 24.8 Å². The molecule has 0 aliphatic carbocycles. The molecule has 29 heavy (non-hydrogen) atoms. The summed E-state index contributed by atoms with van der Waals surface area (Å²) < 4.78 is 7.50. The Morgan fingerprint density at radius 3 is 2.62 bits per heavy atom. The van der Waals surface area contributed by atoms with E-state index in [1.807, 2.05) is 6.07 Å². The minimum atomic E-state index is -0.852. The zero-order valence-electron chi connectivity index (χ0n) is 15.9. The number of aromatic nitrogens is 3. The van der Waals surface area contributed by atoms with Crippen LogP contribution in [0.5, 0.6) is 0 Å². The summed E-state index contributed by atoms with van der Waals surface area (Å²) in [4.78, 5) is 47.7. The molecular weight excluding hydrogens is 374 g/mol. The summed E-state index contributed by atoms with van der Waals surface area (Å²) in [5, 5.41) is 2.82. The highest BCUT2D eigenvalue weighted by Crippen LogP contribution is 2.48. The Hall–Kier alpha value is -3.07. The Morgan fingerprint density at radius 2 is 1.97 bits per heavy atom. The van der Waals surface area contributed by atoms with Gasteiger partial charge in [-0.2, -0.15) is 0 Å². The van der Waals surface area contributed by atoms with Crippen LogP contribution in [0, 0.1) is 11.8 Å². The van der Waals surface area contributed by atoms with Crippen LogP contribution in [-0.2, 0) is 25.7 Å². The molecule has 3 aliphatic heterocycles. The van der Waals surface area contributed by atoms with Gasteiger partial charge in [0.15, 0.2) is 0 Å². The van der Waals surface area contributed by atoms with E-state index in [9.17, 15) is 14.4 Å². The van der Waals surface area contributed by atoms with Crippen molar-refractivity contribution in [3.8, 4) is 5.82 Å². The van der Waals surface area contributed by atoms with Gasteiger partial charge in [-0.15, -0.1) is 0 Å². The van der Waals surface area contributed by atoms with Crippen LogP contribution in [0.25, 0.3) is 5.82 Å². The molecule has 5 heterocycles. The van der Waals surface area contributed by atoms with E-state index in [2.05, 4.69) is 15.3 Å². The molecule has 3 aliphatic rings. The Balaban J connectivity index is 1.25. The van der Waals surface area contributed by atoms with Crippen LogP contribution < -0.4 is 5.32 Å². The second-order valence-corrected chi connectivity index (χ2v) is 7.77. The summed E-state index contributed by atoms with van der Waals surface area (Å²) in [6.07, 6.45) is 8.00. The van der Waals surface area contributed by atoms with Crippen molar-refractivity contribution in [1.29, 1.82) is 0 Å². The van der Waals surface area contributed by atoms with Crippen LogP contribution in [-0.4, -0.2) is 55.4 Å². The van der Waals surface area contributed by atoms with Gasteiger partial charge < -0.3 is 10.1 Å². The van der Waals surface area contributed by atoms with Crippen LogP contribution >= 0.6 is 0 Å². The maximum Gasteiger partial charge on any atom is 0.243 e. The molecule has 5 atom stereocenters. The van der Waals surface area contributed by atoms with Crippen LogP contribution in [0.15, 0.2) is 37.1 Å². The molecule has 5 unspecified atom stereocenters. The number of fused-ring (bicyclic) bond motifs is 5. The first-order valence-electron chi connectivity index (χ1n) is 9.78. The van der Waals surface area contributed by atoms with Gasteiger partial charge in [-0.25, -0.2) is 9.97 Å². The van der Waals surface area contributed by atoms with Gasteiger partial charge >= 0.3 is 0 Å². The van der Waals surface area contributed by atoms with Crippen molar-refractivity contribution in [2.45, 2.75) is 44.6 Å². The quantitative estimate of drug-likeness (QED) is 0.736. The van der Waals surface area contributed by atoms with E-state index < -0.39 is 17.9 Å². The number of amides is 3. The number of carbonyl (C=O) groups is 3. The van der Waals surface area contributed by atoms with Crippen molar-refractivity contribution in [2.24, 2.45) is 11.8 Å². The molecule has 3 fully saturated rings. The summed E-state index contributed by atoms with van der Waals surface area (Å²) in [7, 11) is 0. The fourth-order valence-electron chi connectivity index (χ4n) is 4.68. The lowest BCUT2D eigenvalue weighted by Crippen LogP contribution is -2.49. The summed E-state index contributed by atoms with van der Waals surface area (Å²) in [5.41, 5.74) is 0.853. The van der Waals surface area contributed by atoms with Gasteiger partial charge in [0, 0.05) is 25.1 Å². The average molecular weight is 395 g/mol. The highest BCUT2D eigenvalue weighted by Gasteiger charge is 2.63. The van der Waals surface area contributed by atoms with E-state index in [0.29, 0.717) is 5.82 Å². The number of carbonyl (C=O) groups excluding carboxylic acids is 3. The van der Waals surface area contributed by atoms with E-state index in [1.54, 1.807) is 42.5 Å². The maximum atomic E-state index is 12.8. The zero-order valence-corrected chi connectivity index (χ0v) is 15.9. The number of rotatable bonds is 5. The number of pyridine rings is 1. The number of nitrogens with zero attached hydrogens (tertiary/aromatic N) is 4. The Morgan fingerprint density at radius 1 is 1.24 bits per heavy atom. The summed E-state index contributed by atoms with van der Waals surface area (Å²) in [5.74, 6) is -1.07. The molecule has 150 valence electrons.